The van der Waals surface area contributed by atoms with E-state index >= 15 is 0 Å². The summed E-state index contributed by atoms with van der Waals surface area (Å²) in [6.45, 7) is 0.626. The van der Waals surface area contributed by atoms with Gasteiger partial charge in [-0.15, -0.1) is 0 Å². The number of rotatable bonds is 9. The van der Waals surface area contributed by atoms with Crippen LogP contribution in [0.2, 0.25) is 0 Å². The van der Waals surface area contributed by atoms with Crippen LogP contribution in [0.25, 0.3) is 0 Å². The summed E-state index contributed by atoms with van der Waals surface area (Å²) in [6, 6.07) is -1.74. The van der Waals surface area contributed by atoms with Gasteiger partial charge in [-0.25, -0.2) is 9.63 Å². The van der Waals surface area contributed by atoms with Crippen LogP contribution in [-0.4, -0.2) is 65.5 Å². The Morgan fingerprint density at radius 1 is 1.38 bits per heavy atom. The molecule has 0 aromatic rings. The molecule has 24 heavy (non-hydrogen) atoms. The third kappa shape index (κ3) is 6.20. The normalized spacial score (nSPS) is 18.0. The van der Waals surface area contributed by atoms with Crippen molar-refractivity contribution in [2.24, 2.45) is 16.5 Å². The predicted octanol–water partition coefficient (Wildman–Crippen LogP) is -1.66. The van der Waals surface area contributed by atoms with Gasteiger partial charge in [-0.1, -0.05) is 0 Å². The quantitative estimate of drug-likeness (QED) is 0.142. The average Bonchev–Trinajstić information content (AvgIpc) is 2.99. The van der Waals surface area contributed by atoms with Crippen molar-refractivity contribution in [2.75, 3.05) is 19.6 Å². The summed E-state index contributed by atoms with van der Waals surface area (Å²) in [5.41, 5.74) is 10.4. The summed E-state index contributed by atoms with van der Waals surface area (Å²) >= 11 is 5.32. The molecule has 1 rings (SSSR count). The number of guanidine groups is 1. The number of carbonyl (C=O) groups is 3. The van der Waals surface area contributed by atoms with Gasteiger partial charge in [0, 0.05) is 13.1 Å². The predicted molar refractivity (Wildman–Crippen MR) is 88.1 cm³/mol. The highest BCUT2D eigenvalue weighted by Crippen LogP contribution is 2.18. The van der Waals surface area contributed by atoms with Gasteiger partial charge in [-0.3, -0.25) is 14.6 Å². The third-order valence-corrected chi connectivity index (χ3v) is 3.79. The minimum absolute atomic E-state index is 0.0704. The molecule has 1 aliphatic rings. The summed E-state index contributed by atoms with van der Waals surface area (Å²) < 4.78 is 0. The van der Waals surface area contributed by atoms with Crippen LogP contribution in [-0.2, 0) is 14.4 Å². The molecule has 11 heteroatoms. The van der Waals surface area contributed by atoms with E-state index < -0.39 is 24.0 Å². The van der Waals surface area contributed by atoms with Gasteiger partial charge in [0.25, 0.3) is 0 Å². The van der Waals surface area contributed by atoms with Gasteiger partial charge >= 0.3 is 5.97 Å². The second kappa shape index (κ2) is 9.93. The average molecular weight is 363 g/mol. The number of nitrogens with zero attached hydrogens (tertiary/aromatic N) is 2. The number of aliphatic imine (C=N–C) groups is 1. The Kier molecular flexibility index (Phi) is 8.27. The van der Waals surface area contributed by atoms with Gasteiger partial charge in [0.05, 0.1) is 6.54 Å². The van der Waals surface area contributed by atoms with Crippen LogP contribution in [0.15, 0.2) is 4.99 Å². The van der Waals surface area contributed by atoms with Crippen molar-refractivity contribution in [3.05, 3.63) is 0 Å². The van der Waals surface area contributed by atoms with Crippen molar-refractivity contribution < 1.29 is 19.5 Å². The molecule has 7 N–H and O–H groups in total. The molecule has 2 atom stereocenters. The zero-order valence-corrected chi connectivity index (χ0v) is 14.0. The van der Waals surface area contributed by atoms with E-state index in [0.717, 1.165) is 0 Å². The first kappa shape index (κ1) is 20.0. The lowest BCUT2D eigenvalue weighted by molar-refractivity contribution is -0.143. The minimum Gasteiger partial charge on any atom is -0.480 e. The lowest BCUT2D eigenvalue weighted by Gasteiger charge is -2.25. The number of halogens is 1. The molecule has 1 fully saturated rings. The molecule has 2 amide bonds. The maximum atomic E-state index is 12.3. The molecule has 0 spiro atoms. The molecule has 1 heterocycles. The molecular formula is C13H23ClN6O4. The lowest BCUT2D eigenvalue weighted by Crippen LogP contribution is -2.51. The molecule has 0 aromatic carbocycles. The van der Waals surface area contributed by atoms with E-state index in [9.17, 15) is 19.5 Å². The van der Waals surface area contributed by atoms with Crippen LogP contribution in [0.5, 0.6) is 0 Å². The second-order valence-corrected chi connectivity index (χ2v) is 5.67. The number of aliphatic carboxylic acids is 1. The fourth-order valence-corrected chi connectivity index (χ4v) is 2.64. The molecule has 1 aliphatic heterocycles. The molecule has 0 radical (unpaired) electrons. The molecule has 0 saturated carbocycles. The molecule has 0 aliphatic carbocycles. The first-order chi connectivity index (χ1) is 11.4. The Morgan fingerprint density at radius 2 is 2.08 bits per heavy atom. The number of carbonyl (C=O) groups excluding carboxylic acids is 2. The Balaban J connectivity index is 2.59. The number of amides is 2. The maximum absolute atomic E-state index is 12.3. The molecule has 136 valence electrons. The van der Waals surface area contributed by atoms with Gasteiger partial charge in [0.15, 0.2) is 5.96 Å². The zero-order chi connectivity index (χ0) is 18.1. The molecular weight excluding hydrogens is 340 g/mol. The Labute approximate surface area is 144 Å². The summed E-state index contributed by atoms with van der Waals surface area (Å²) in [4.78, 5) is 42.9. The molecule has 10 nitrogen and oxygen atoms in total. The Bertz CT molecular complexity index is 497. The summed E-state index contributed by atoms with van der Waals surface area (Å²) in [5.74, 6) is -2.00. The van der Waals surface area contributed by atoms with Crippen molar-refractivity contribution in [3.63, 3.8) is 0 Å². The highest BCUT2D eigenvalue weighted by atomic mass is 35.5. The number of hydrogen-bond acceptors (Lipinski definition) is 5. The third-order valence-electron chi connectivity index (χ3n) is 3.65. The molecule has 1 saturated heterocycles. The van der Waals surface area contributed by atoms with E-state index in [1.165, 1.54) is 4.90 Å². The highest BCUT2D eigenvalue weighted by molar-refractivity contribution is 6.14. The minimum atomic E-state index is -1.15. The summed E-state index contributed by atoms with van der Waals surface area (Å²) in [5, 5.41) is 11.7. The van der Waals surface area contributed by atoms with E-state index in [-0.39, 0.29) is 31.4 Å². The van der Waals surface area contributed by atoms with Crippen molar-refractivity contribution in [3.8, 4) is 0 Å². The number of likely N-dealkylation sites (tertiary alicyclic amines) is 1. The summed E-state index contributed by atoms with van der Waals surface area (Å²) in [7, 11) is 0. The fraction of sp³-hybridized carbons (Fsp3) is 0.692. The monoisotopic (exact) mass is 362 g/mol. The van der Waals surface area contributed by atoms with Crippen LogP contribution in [0.3, 0.4) is 0 Å². The standard InChI is InChI=1S/C13H23ClN6O4/c14-18-7-10(21)20-6-2-4-9(20)11(22)19-8(12(23)24)3-1-5-17-13(15)16/h8-9,18H,1-7H2,(H,19,22)(H,23,24)(H4,15,16,17)/t8-,9-/m0/s1. The van der Waals surface area contributed by atoms with Gasteiger partial charge in [0.1, 0.15) is 12.1 Å². The van der Waals surface area contributed by atoms with Crippen molar-refractivity contribution in [1.82, 2.24) is 15.1 Å². The van der Waals surface area contributed by atoms with E-state index in [2.05, 4.69) is 15.1 Å². The number of carboxylic acids is 1. The Morgan fingerprint density at radius 3 is 2.67 bits per heavy atom. The number of nitrogens with two attached hydrogens (primary N) is 2. The van der Waals surface area contributed by atoms with Crippen LogP contribution >= 0.6 is 11.8 Å². The number of carboxylic acid groups (broad SMARTS) is 1. The SMILES string of the molecule is NC(N)=NCCC[C@H](NC(=O)[C@@H]1CCCN1C(=O)CNCl)C(=O)O. The fourth-order valence-electron chi connectivity index (χ4n) is 2.53. The second-order valence-electron chi connectivity index (χ2n) is 5.40. The van der Waals surface area contributed by atoms with Gasteiger partial charge in [0.2, 0.25) is 11.8 Å². The van der Waals surface area contributed by atoms with Gasteiger partial charge in [-0.05, 0) is 37.5 Å². The van der Waals surface area contributed by atoms with E-state index in [4.69, 9.17) is 23.2 Å². The van der Waals surface area contributed by atoms with Gasteiger partial charge < -0.3 is 26.8 Å². The first-order valence-corrected chi connectivity index (χ1v) is 7.96. The van der Waals surface area contributed by atoms with Crippen LogP contribution in [0, 0.1) is 0 Å². The molecule has 0 unspecified atom stereocenters. The Hall–Kier alpha value is -2.07. The first-order valence-electron chi connectivity index (χ1n) is 7.58. The van der Waals surface area contributed by atoms with Crippen molar-refractivity contribution in [2.45, 2.75) is 37.8 Å². The number of nitrogens with one attached hydrogen (secondary N) is 2. The smallest absolute Gasteiger partial charge is 0.326 e. The topological polar surface area (TPSA) is 163 Å². The number of hydrogen-bond donors (Lipinski definition) is 5. The summed E-state index contributed by atoms with van der Waals surface area (Å²) in [6.07, 6.45) is 1.74. The highest BCUT2D eigenvalue weighted by Gasteiger charge is 2.35. The van der Waals surface area contributed by atoms with E-state index in [1.807, 2.05) is 0 Å². The van der Waals surface area contributed by atoms with Crippen molar-refractivity contribution >= 4 is 35.5 Å². The maximum Gasteiger partial charge on any atom is 0.326 e. The van der Waals surface area contributed by atoms with E-state index in [0.29, 0.717) is 25.8 Å². The largest absolute Gasteiger partial charge is 0.480 e. The zero-order valence-electron chi connectivity index (χ0n) is 13.2. The van der Waals surface area contributed by atoms with Crippen molar-refractivity contribution in [1.29, 1.82) is 0 Å². The van der Waals surface area contributed by atoms with Crippen LogP contribution in [0.4, 0.5) is 0 Å². The lowest BCUT2D eigenvalue weighted by atomic mass is 10.1. The molecule has 0 aromatic heterocycles. The van der Waals surface area contributed by atoms with E-state index in [1.54, 1.807) is 0 Å². The van der Waals surface area contributed by atoms with Crippen LogP contribution < -0.4 is 21.6 Å². The van der Waals surface area contributed by atoms with Gasteiger partial charge in [-0.2, -0.15) is 0 Å². The molecule has 0 bridgehead atoms. The van der Waals surface area contributed by atoms with Crippen LogP contribution in [0.1, 0.15) is 25.7 Å².